The average molecular weight is 345 g/mol. The second kappa shape index (κ2) is 6.93. The van der Waals surface area contributed by atoms with Crippen LogP contribution in [0.4, 0.5) is 5.69 Å². The number of ether oxygens (including phenoxy) is 1. The molecule has 1 atom stereocenters. The number of amides is 2. The third-order valence-corrected chi connectivity index (χ3v) is 4.23. The molecule has 2 aromatic carbocycles. The Hall–Kier alpha value is -2.53. The Morgan fingerprint density at radius 1 is 1.21 bits per heavy atom. The monoisotopic (exact) mass is 344 g/mol. The molecule has 6 heteroatoms. The van der Waals surface area contributed by atoms with Gasteiger partial charge in [-0.25, -0.2) is 0 Å². The van der Waals surface area contributed by atoms with Crippen molar-refractivity contribution in [2.75, 3.05) is 25.5 Å². The van der Waals surface area contributed by atoms with Gasteiger partial charge < -0.3 is 15.0 Å². The van der Waals surface area contributed by atoms with Gasteiger partial charge in [0, 0.05) is 12.6 Å². The number of likely N-dealkylation sites (N-methyl/N-ethyl adjacent to an activating group) is 1. The maximum atomic E-state index is 12.6. The van der Waals surface area contributed by atoms with Gasteiger partial charge in [-0.15, -0.1) is 0 Å². The number of fused-ring (bicyclic) bond motifs is 1. The zero-order chi connectivity index (χ0) is 17.1. The van der Waals surface area contributed by atoms with Crippen LogP contribution in [0.3, 0.4) is 0 Å². The van der Waals surface area contributed by atoms with E-state index in [2.05, 4.69) is 5.32 Å². The third-order valence-electron chi connectivity index (χ3n) is 3.90. The first-order valence-electron chi connectivity index (χ1n) is 7.57. The largest absolute Gasteiger partial charge is 0.492 e. The van der Waals surface area contributed by atoms with E-state index in [-0.39, 0.29) is 24.3 Å². The Kier molecular flexibility index (Phi) is 4.71. The van der Waals surface area contributed by atoms with Crippen LogP contribution in [0.2, 0.25) is 5.02 Å². The topological polar surface area (TPSA) is 58.6 Å². The average Bonchev–Trinajstić information content (AvgIpc) is 3.00. The fraction of sp³-hybridized carbons (Fsp3) is 0.222. The van der Waals surface area contributed by atoms with Crippen molar-refractivity contribution in [1.29, 1.82) is 0 Å². The van der Waals surface area contributed by atoms with E-state index in [1.165, 1.54) is 4.90 Å². The van der Waals surface area contributed by atoms with Gasteiger partial charge in [-0.3, -0.25) is 9.59 Å². The summed E-state index contributed by atoms with van der Waals surface area (Å²) in [5.41, 5.74) is 1.39. The van der Waals surface area contributed by atoms with E-state index < -0.39 is 0 Å². The van der Waals surface area contributed by atoms with Gasteiger partial charge >= 0.3 is 0 Å². The van der Waals surface area contributed by atoms with E-state index in [9.17, 15) is 9.59 Å². The number of nitrogens with one attached hydrogen (secondary N) is 1. The normalized spacial score (nSPS) is 15.3. The number of para-hydroxylation sites is 2. The molecule has 0 spiro atoms. The summed E-state index contributed by atoms with van der Waals surface area (Å²) in [5.74, 6) is -0.0931. The molecule has 3 rings (SSSR count). The van der Waals surface area contributed by atoms with E-state index in [4.69, 9.17) is 16.3 Å². The molecular weight excluding hydrogens is 328 g/mol. The lowest BCUT2D eigenvalue weighted by atomic mass is 10.00. The summed E-state index contributed by atoms with van der Waals surface area (Å²) in [6.07, 6.45) is 0. The SMILES string of the molecule is CN(CC(=O)Nc1ccccc1Cl)C(=O)[C@H]1COc2ccccc21. The smallest absolute Gasteiger partial charge is 0.244 e. The van der Waals surface area contributed by atoms with Gasteiger partial charge in [-0.1, -0.05) is 41.9 Å². The fourth-order valence-electron chi connectivity index (χ4n) is 2.68. The highest BCUT2D eigenvalue weighted by molar-refractivity contribution is 6.33. The number of carbonyl (C=O) groups is 2. The molecule has 0 unspecified atom stereocenters. The van der Waals surface area contributed by atoms with Crippen molar-refractivity contribution >= 4 is 29.1 Å². The second-order valence-corrected chi connectivity index (χ2v) is 6.03. The molecule has 24 heavy (non-hydrogen) atoms. The predicted octanol–water partition coefficient (Wildman–Crippen LogP) is 2.91. The van der Waals surface area contributed by atoms with Crippen LogP contribution in [0, 0.1) is 0 Å². The molecule has 0 saturated carbocycles. The molecule has 1 aliphatic rings. The number of anilines is 1. The summed E-state index contributed by atoms with van der Waals surface area (Å²) in [7, 11) is 1.61. The molecule has 0 aliphatic carbocycles. The van der Waals surface area contributed by atoms with Crippen molar-refractivity contribution < 1.29 is 14.3 Å². The van der Waals surface area contributed by atoms with Crippen LogP contribution < -0.4 is 10.1 Å². The van der Waals surface area contributed by atoms with Crippen LogP contribution in [0.1, 0.15) is 11.5 Å². The molecule has 1 aliphatic heterocycles. The number of hydrogen-bond donors (Lipinski definition) is 1. The maximum absolute atomic E-state index is 12.6. The van der Waals surface area contributed by atoms with E-state index >= 15 is 0 Å². The first-order valence-corrected chi connectivity index (χ1v) is 7.95. The Morgan fingerprint density at radius 3 is 2.71 bits per heavy atom. The molecule has 0 fully saturated rings. The number of nitrogens with zero attached hydrogens (tertiary/aromatic N) is 1. The van der Waals surface area contributed by atoms with Crippen LogP contribution >= 0.6 is 11.6 Å². The Labute approximate surface area is 145 Å². The first kappa shape index (κ1) is 16.3. The van der Waals surface area contributed by atoms with Crippen molar-refractivity contribution in [2.24, 2.45) is 0 Å². The standard InChI is InChI=1S/C18H17ClN2O3/c1-21(10-17(22)20-15-8-4-3-7-14(15)19)18(23)13-11-24-16-9-5-2-6-12(13)16/h2-9,13H,10-11H2,1H3,(H,20,22)/t13-/m0/s1. The zero-order valence-corrected chi connectivity index (χ0v) is 13.9. The molecule has 5 nitrogen and oxygen atoms in total. The molecule has 1 heterocycles. The number of carbonyl (C=O) groups excluding carboxylic acids is 2. The maximum Gasteiger partial charge on any atom is 0.244 e. The lowest BCUT2D eigenvalue weighted by molar-refractivity contribution is -0.134. The van der Waals surface area contributed by atoms with Crippen LogP contribution in [-0.2, 0) is 9.59 Å². The van der Waals surface area contributed by atoms with Gasteiger partial charge in [0.2, 0.25) is 11.8 Å². The number of rotatable bonds is 4. The number of benzene rings is 2. The summed E-state index contributed by atoms with van der Waals surface area (Å²) >= 11 is 6.02. The summed E-state index contributed by atoms with van der Waals surface area (Å²) in [6, 6.07) is 14.4. The summed E-state index contributed by atoms with van der Waals surface area (Å²) in [5, 5.41) is 3.17. The van der Waals surface area contributed by atoms with Crippen LogP contribution in [0.15, 0.2) is 48.5 Å². The van der Waals surface area contributed by atoms with Crippen molar-refractivity contribution in [3.05, 3.63) is 59.1 Å². The van der Waals surface area contributed by atoms with Crippen molar-refractivity contribution in [3.63, 3.8) is 0 Å². The Morgan fingerprint density at radius 2 is 1.92 bits per heavy atom. The minimum absolute atomic E-state index is 0.0529. The third kappa shape index (κ3) is 3.36. The van der Waals surface area contributed by atoms with Gasteiger partial charge in [0.25, 0.3) is 0 Å². The Bertz CT molecular complexity index is 778. The molecule has 0 aromatic heterocycles. The molecule has 124 valence electrons. The second-order valence-electron chi connectivity index (χ2n) is 5.62. The van der Waals surface area contributed by atoms with E-state index in [0.29, 0.717) is 17.3 Å². The summed E-state index contributed by atoms with van der Waals surface area (Å²) in [4.78, 5) is 26.2. The zero-order valence-electron chi connectivity index (χ0n) is 13.2. The molecule has 2 aromatic rings. The summed E-state index contributed by atoms with van der Waals surface area (Å²) < 4.78 is 5.53. The molecule has 0 radical (unpaired) electrons. The number of halogens is 1. The first-order chi connectivity index (χ1) is 11.6. The van der Waals surface area contributed by atoms with E-state index in [1.807, 2.05) is 24.3 Å². The minimum Gasteiger partial charge on any atom is -0.492 e. The predicted molar refractivity (Wildman–Crippen MR) is 92.4 cm³/mol. The molecule has 0 saturated heterocycles. The van der Waals surface area contributed by atoms with E-state index in [0.717, 1.165) is 11.3 Å². The molecule has 1 N–H and O–H groups in total. The minimum atomic E-state index is -0.376. The highest BCUT2D eigenvalue weighted by atomic mass is 35.5. The Balaban J connectivity index is 1.63. The molecular formula is C18H17ClN2O3. The molecule has 2 amide bonds. The fourth-order valence-corrected chi connectivity index (χ4v) is 2.86. The van der Waals surface area contributed by atoms with Crippen LogP contribution in [0.25, 0.3) is 0 Å². The quantitative estimate of drug-likeness (QED) is 0.927. The highest BCUT2D eigenvalue weighted by Crippen LogP contribution is 2.34. The number of hydrogen-bond acceptors (Lipinski definition) is 3. The lowest BCUT2D eigenvalue weighted by Crippen LogP contribution is -2.38. The molecule has 0 bridgehead atoms. The van der Waals surface area contributed by atoms with Crippen LogP contribution in [0.5, 0.6) is 5.75 Å². The lowest BCUT2D eigenvalue weighted by Gasteiger charge is -2.20. The van der Waals surface area contributed by atoms with Gasteiger partial charge in [0.1, 0.15) is 18.3 Å². The van der Waals surface area contributed by atoms with Crippen molar-refractivity contribution in [1.82, 2.24) is 4.90 Å². The van der Waals surface area contributed by atoms with Crippen molar-refractivity contribution in [2.45, 2.75) is 5.92 Å². The van der Waals surface area contributed by atoms with Crippen molar-refractivity contribution in [3.8, 4) is 5.75 Å². The van der Waals surface area contributed by atoms with Gasteiger partial charge in [0.05, 0.1) is 17.3 Å². The highest BCUT2D eigenvalue weighted by Gasteiger charge is 2.32. The van der Waals surface area contributed by atoms with Gasteiger partial charge in [0.15, 0.2) is 0 Å². The van der Waals surface area contributed by atoms with E-state index in [1.54, 1.807) is 31.3 Å². The van der Waals surface area contributed by atoms with Gasteiger partial charge in [-0.2, -0.15) is 0 Å². The van der Waals surface area contributed by atoms with Gasteiger partial charge in [-0.05, 0) is 18.2 Å². The summed E-state index contributed by atoms with van der Waals surface area (Å²) in [6.45, 7) is 0.247. The van der Waals surface area contributed by atoms with Crippen LogP contribution in [-0.4, -0.2) is 36.9 Å².